The summed E-state index contributed by atoms with van der Waals surface area (Å²) in [5.74, 6) is -0.0574. The van der Waals surface area contributed by atoms with Crippen LogP contribution in [0.15, 0.2) is 48.6 Å². The minimum atomic E-state index is -0.0287. The van der Waals surface area contributed by atoms with E-state index in [4.69, 9.17) is 9.47 Å². The molecule has 0 aromatic carbocycles. The van der Waals surface area contributed by atoms with E-state index < -0.39 is 0 Å². The van der Waals surface area contributed by atoms with E-state index in [2.05, 4.69) is 48.6 Å². The van der Waals surface area contributed by atoms with E-state index in [1.807, 2.05) is 0 Å². The second-order valence-corrected chi connectivity index (χ2v) is 11.1. The summed E-state index contributed by atoms with van der Waals surface area (Å²) in [4.78, 5) is 23.8. The summed E-state index contributed by atoms with van der Waals surface area (Å²) in [7, 11) is 0. The van der Waals surface area contributed by atoms with Gasteiger partial charge in [-0.2, -0.15) is 0 Å². The van der Waals surface area contributed by atoms with Crippen LogP contribution in [0.3, 0.4) is 0 Å². The van der Waals surface area contributed by atoms with Gasteiger partial charge < -0.3 is 9.47 Å². The molecule has 1 rings (SSSR count). The van der Waals surface area contributed by atoms with E-state index in [0.29, 0.717) is 26.1 Å². The first kappa shape index (κ1) is 35.9. The standard InChI is InChI=1S/C36H60O4/c37-35-31-27-23-19-15-11-7-3-1-5-9-13-17-21-25-29-33-39-36(38)32-28-24-20-16-12-8-4-2-6-10-14-18-22-26-30-34-40-35/h5-12H,1-4,13-34H2. The Morgan fingerprint density at radius 1 is 0.325 bits per heavy atom. The number of carbonyl (C=O) groups is 2. The predicted octanol–water partition coefficient (Wildman–Crippen LogP) is 10.7. The smallest absolute Gasteiger partial charge is 0.305 e. The highest BCUT2D eigenvalue weighted by molar-refractivity contribution is 5.69. The Morgan fingerprint density at radius 3 is 0.950 bits per heavy atom. The van der Waals surface area contributed by atoms with E-state index in [1.165, 1.54) is 25.7 Å². The fourth-order valence-electron chi connectivity index (χ4n) is 4.70. The van der Waals surface area contributed by atoms with Crippen molar-refractivity contribution < 1.29 is 19.1 Å². The van der Waals surface area contributed by atoms with Gasteiger partial charge in [-0.3, -0.25) is 9.59 Å². The summed E-state index contributed by atoms with van der Waals surface area (Å²) in [5, 5.41) is 0. The third-order valence-corrected chi connectivity index (χ3v) is 7.23. The molecule has 0 N–H and O–H groups in total. The summed E-state index contributed by atoms with van der Waals surface area (Å²) >= 11 is 0. The van der Waals surface area contributed by atoms with Crippen molar-refractivity contribution in [3.8, 4) is 0 Å². The second-order valence-electron chi connectivity index (χ2n) is 11.1. The number of hydrogen-bond donors (Lipinski definition) is 0. The van der Waals surface area contributed by atoms with Crippen molar-refractivity contribution in [3.63, 3.8) is 0 Å². The summed E-state index contributed by atoms with van der Waals surface area (Å²) in [6, 6.07) is 0. The van der Waals surface area contributed by atoms with Crippen LogP contribution in [0.2, 0.25) is 0 Å². The van der Waals surface area contributed by atoms with Crippen molar-refractivity contribution in [1.82, 2.24) is 0 Å². The minimum Gasteiger partial charge on any atom is -0.466 e. The largest absolute Gasteiger partial charge is 0.466 e. The zero-order chi connectivity index (χ0) is 28.6. The Kier molecular flexibility index (Phi) is 26.8. The lowest BCUT2D eigenvalue weighted by molar-refractivity contribution is -0.144. The molecule has 0 unspecified atom stereocenters. The molecular formula is C36H60O4. The number of esters is 2. The summed E-state index contributed by atoms with van der Waals surface area (Å²) in [6.45, 7) is 1.15. The maximum absolute atomic E-state index is 11.9. The SMILES string of the molecule is O=C1CCCCCC=CCCC=CCCCCCCOC(=O)CCCCCC=CCCC=CCCCCCCO1. The van der Waals surface area contributed by atoms with E-state index in [1.54, 1.807) is 0 Å². The number of hydrogen-bond acceptors (Lipinski definition) is 4. The topological polar surface area (TPSA) is 52.6 Å². The van der Waals surface area contributed by atoms with Crippen LogP contribution in [0.5, 0.6) is 0 Å². The lowest BCUT2D eigenvalue weighted by Gasteiger charge is -2.04. The number of allylic oxidation sites excluding steroid dienone is 8. The predicted molar refractivity (Wildman–Crippen MR) is 169 cm³/mol. The Hall–Kier alpha value is -2.10. The molecule has 0 radical (unpaired) electrons. The van der Waals surface area contributed by atoms with E-state index in [0.717, 1.165) is 116 Å². The first-order valence-corrected chi connectivity index (χ1v) is 16.7. The third-order valence-electron chi connectivity index (χ3n) is 7.23. The van der Waals surface area contributed by atoms with Crippen molar-refractivity contribution in [3.05, 3.63) is 48.6 Å². The summed E-state index contributed by atoms with van der Waals surface area (Å²) in [6.07, 6.45) is 43.7. The number of ether oxygens (including phenoxy) is 2. The molecule has 1 aliphatic rings. The summed E-state index contributed by atoms with van der Waals surface area (Å²) < 4.78 is 10.8. The molecule has 0 atom stereocenters. The molecule has 0 saturated heterocycles. The van der Waals surface area contributed by atoms with Crippen LogP contribution in [0.25, 0.3) is 0 Å². The van der Waals surface area contributed by atoms with Gasteiger partial charge in [0.1, 0.15) is 0 Å². The molecule has 0 spiro atoms. The summed E-state index contributed by atoms with van der Waals surface area (Å²) in [5.41, 5.74) is 0. The van der Waals surface area contributed by atoms with Gasteiger partial charge in [0.25, 0.3) is 0 Å². The van der Waals surface area contributed by atoms with Crippen LogP contribution in [-0.2, 0) is 19.1 Å². The lowest BCUT2D eigenvalue weighted by Crippen LogP contribution is -2.05. The normalized spacial score (nSPS) is 21.5. The number of cyclic esters (lactones) is 2. The van der Waals surface area contributed by atoms with Crippen LogP contribution >= 0.6 is 0 Å². The molecule has 0 bridgehead atoms. The average Bonchev–Trinajstić information content (AvgIpc) is 2.95. The molecule has 0 amide bonds. The molecule has 1 heterocycles. The van der Waals surface area contributed by atoms with Crippen LogP contribution < -0.4 is 0 Å². The maximum atomic E-state index is 11.9. The average molecular weight is 557 g/mol. The molecule has 228 valence electrons. The molecule has 0 aromatic rings. The van der Waals surface area contributed by atoms with Crippen LogP contribution in [-0.4, -0.2) is 25.2 Å². The second kappa shape index (κ2) is 29.9. The Balaban J connectivity index is 2.21. The van der Waals surface area contributed by atoms with E-state index >= 15 is 0 Å². The fraction of sp³-hybridized carbons (Fsp3) is 0.722. The van der Waals surface area contributed by atoms with Crippen LogP contribution in [0.1, 0.15) is 154 Å². The van der Waals surface area contributed by atoms with Crippen molar-refractivity contribution >= 4 is 11.9 Å². The van der Waals surface area contributed by atoms with Crippen molar-refractivity contribution in [2.24, 2.45) is 0 Å². The van der Waals surface area contributed by atoms with Gasteiger partial charge in [0.15, 0.2) is 0 Å². The van der Waals surface area contributed by atoms with Gasteiger partial charge in [-0.25, -0.2) is 0 Å². The Morgan fingerprint density at radius 2 is 0.600 bits per heavy atom. The highest BCUT2D eigenvalue weighted by Crippen LogP contribution is 2.10. The van der Waals surface area contributed by atoms with Gasteiger partial charge in [0.05, 0.1) is 13.2 Å². The van der Waals surface area contributed by atoms with Gasteiger partial charge in [-0.1, -0.05) is 87.1 Å². The number of carbonyl (C=O) groups excluding carboxylic acids is 2. The first-order valence-electron chi connectivity index (χ1n) is 16.7. The first-order chi connectivity index (χ1) is 19.8. The van der Waals surface area contributed by atoms with Gasteiger partial charge in [0.2, 0.25) is 0 Å². The molecule has 0 saturated carbocycles. The van der Waals surface area contributed by atoms with Crippen molar-refractivity contribution in [2.75, 3.05) is 13.2 Å². The zero-order valence-electron chi connectivity index (χ0n) is 25.6. The molecule has 4 nitrogen and oxygen atoms in total. The third kappa shape index (κ3) is 27.5. The molecular weight excluding hydrogens is 496 g/mol. The van der Waals surface area contributed by atoms with Crippen LogP contribution in [0, 0.1) is 0 Å². The lowest BCUT2D eigenvalue weighted by atomic mass is 10.1. The molecule has 4 heteroatoms. The van der Waals surface area contributed by atoms with Crippen molar-refractivity contribution in [1.29, 1.82) is 0 Å². The Bertz CT molecular complexity index is 644. The molecule has 0 fully saturated rings. The highest BCUT2D eigenvalue weighted by atomic mass is 16.5. The Labute approximate surface area is 246 Å². The minimum absolute atomic E-state index is 0.0287. The zero-order valence-corrected chi connectivity index (χ0v) is 25.6. The number of rotatable bonds is 0. The highest BCUT2D eigenvalue weighted by Gasteiger charge is 2.03. The molecule has 0 aromatic heterocycles. The van der Waals surface area contributed by atoms with Crippen molar-refractivity contribution in [2.45, 2.75) is 154 Å². The van der Waals surface area contributed by atoms with Gasteiger partial charge in [-0.05, 0) is 103 Å². The van der Waals surface area contributed by atoms with E-state index in [-0.39, 0.29) is 11.9 Å². The van der Waals surface area contributed by atoms with Gasteiger partial charge in [0, 0.05) is 12.8 Å². The monoisotopic (exact) mass is 556 g/mol. The quantitative estimate of drug-likeness (QED) is 0.220. The fourth-order valence-corrected chi connectivity index (χ4v) is 4.70. The van der Waals surface area contributed by atoms with Gasteiger partial charge >= 0.3 is 11.9 Å². The molecule has 1 aliphatic heterocycles. The van der Waals surface area contributed by atoms with Gasteiger partial charge in [-0.15, -0.1) is 0 Å². The molecule has 40 heavy (non-hydrogen) atoms. The van der Waals surface area contributed by atoms with E-state index in [9.17, 15) is 9.59 Å². The van der Waals surface area contributed by atoms with Crippen LogP contribution in [0.4, 0.5) is 0 Å². The maximum Gasteiger partial charge on any atom is 0.305 e. The molecule has 0 aliphatic carbocycles.